The van der Waals surface area contributed by atoms with E-state index in [1.807, 2.05) is 0 Å². The van der Waals surface area contributed by atoms with Gasteiger partial charge in [0, 0.05) is 5.56 Å². The third-order valence-corrected chi connectivity index (χ3v) is 3.54. The molecule has 0 spiro atoms. The second kappa shape index (κ2) is 5.23. The summed E-state index contributed by atoms with van der Waals surface area (Å²) in [6.45, 7) is 0. The molecule has 3 N–H and O–H groups in total. The molecule has 0 aliphatic heterocycles. The molecule has 0 unspecified atom stereocenters. The minimum absolute atomic E-state index is 0.140. The molecule has 1 aromatic heterocycles. The molecule has 2 aromatic carbocycles. The van der Waals surface area contributed by atoms with Gasteiger partial charge in [-0.1, -0.05) is 11.6 Å². The van der Waals surface area contributed by atoms with Crippen molar-refractivity contribution in [1.82, 2.24) is 9.97 Å². The van der Waals surface area contributed by atoms with E-state index in [-0.39, 0.29) is 22.1 Å². The van der Waals surface area contributed by atoms with E-state index in [9.17, 15) is 9.90 Å². The Morgan fingerprint density at radius 3 is 2.77 bits per heavy atom. The topological polar surface area (TPSA) is 95.4 Å². The van der Waals surface area contributed by atoms with Crippen molar-refractivity contribution in [3.63, 3.8) is 0 Å². The van der Waals surface area contributed by atoms with Crippen LogP contribution in [0.1, 0.15) is 10.4 Å². The summed E-state index contributed by atoms with van der Waals surface area (Å²) in [6, 6.07) is 7.76. The largest absolute Gasteiger partial charge is 0.503 e. The predicted molar refractivity (Wildman–Crippen MR) is 81.7 cm³/mol. The number of nitrogens with zero attached hydrogens (tertiary/aromatic N) is 1. The minimum Gasteiger partial charge on any atom is -0.503 e. The predicted octanol–water partition coefficient (Wildman–Crippen LogP) is 3.30. The van der Waals surface area contributed by atoms with Gasteiger partial charge in [0.1, 0.15) is 5.82 Å². The molecule has 0 radical (unpaired) electrons. The zero-order valence-corrected chi connectivity index (χ0v) is 12.2. The van der Waals surface area contributed by atoms with E-state index in [0.29, 0.717) is 22.4 Å². The number of nitrogens with one attached hydrogen (secondary N) is 1. The fraction of sp³-hybridized carbons (Fsp3) is 0.0667. The Morgan fingerprint density at radius 2 is 2.09 bits per heavy atom. The van der Waals surface area contributed by atoms with Crippen molar-refractivity contribution in [3.05, 3.63) is 40.9 Å². The Hall–Kier alpha value is -2.73. The summed E-state index contributed by atoms with van der Waals surface area (Å²) < 4.78 is 5.06. The van der Waals surface area contributed by atoms with Gasteiger partial charge in [-0.15, -0.1) is 0 Å². The number of halogens is 1. The lowest BCUT2D eigenvalue weighted by molar-refractivity contribution is 0.0697. The number of aromatic carboxylic acids is 1. The van der Waals surface area contributed by atoms with Crippen LogP contribution in [-0.2, 0) is 0 Å². The van der Waals surface area contributed by atoms with Crippen molar-refractivity contribution in [3.8, 4) is 22.9 Å². The number of imidazole rings is 1. The van der Waals surface area contributed by atoms with Gasteiger partial charge in [0.25, 0.3) is 0 Å². The Morgan fingerprint density at radius 1 is 1.32 bits per heavy atom. The highest BCUT2D eigenvalue weighted by Crippen LogP contribution is 2.38. The second-order valence-corrected chi connectivity index (χ2v) is 5.04. The summed E-state index contributed by atoms with van der Waals surface area (Å²) in [6.07, 6.45) is 0. The molecule has 3 aromatic rings. The Bertz CT molecular complexity index is 889. The van der Waals surface area contributed by atoms with Gasteiger partial charge in [0.2, 0.25) is 0 Å². The molecule has 7 heteroatoms. The first-order chi connectivity index (χ1) is 10.5. The normalized spacial score (nSPS) is 10.8. The molecule has 0 saturated carbocycles. The molecule has 0 saturated heterocycles. The number of ether oxygens (including phenoxy) is 1. The first kappa shape index (κ1) is 14.2. The maximum absolute atomic E-state index is 11.0. The van der Waals surface area contributed by atoms with Gasteiger partial charge in [-0.05, 0) is 30.3 Å². The van der Waals surface area contributed by atoms with Crippen LogP contribution < -0.4 is 4.74 Å². The minimum atomic E-state index is -1.01. The van der Waals surface area contributed by atoms with Gasteiger partial charge in [-0.2, -0.15) is 0 Å². The molecule has 6 nitrogen and oxygen atoms in total. The van der Waals surface area contributed by atoms with Gasteiger partial charge < -0.3 is 19.9 Å². The first-order valence-electron chi connectivity index (χ1n) is 6.29. The SMILES string of the molecule is COc1cc(-c2nc3ccc(C(=O)O)cc3[nH]2)cc(Cl)c1O. The number of aromatic amines is 1. The zero-order valence-electron chi connectivity index (χ0n) is 11.4. The van der Waals surface area contributed by atoms with E-state index in [0.717, 1.165) is 0 Å². The van der Waals surface area contributed by atoms with E-state index in [1.165, 1.54) is 19.2 Å². The average Bonchev–Trinajstić information content (AvgIpc) is 2.92. The summed E-state index contributed by atoms with van der Waals surface area (Å²) in [7, 11) is 1.42. The van der Waals surface area contributed by atoms with Crippen molar-refractivity contribution >= 4 is 28.6 Å². The molecule has 0 atom stereocenters. The van der Waals surface area contributed by atoms with Gasteiger partial charge in [-0.25, -0.2) is 9.78 Å². The van der Waals surface area contributed by atoms with Crippen LogP contribution in [0.15, 0.2) is 30.3 Å². The van der Waals surface area contributed by atoms with E-state index in [1.54, 1.807) is 18.2 Å². The molecule has 22 heavy (non-hydrogen) atoms. The summed E-state index contributed by atoms with van der Waals surface area (Å²) >= 11 is 5.96. The maximum atomic E-state index is 11.0. The van der Waals surface area contributed by atoms with Crippen LogP contribution in [0, 0.1) is 0 Å². The number of carboxylic acid groups (broad SMARTS) is 1. The summed E-state index contributed by atoms with van der Waals surface area (Å²) in [4.78, 5) is 18.4. The lowest BCUT2D eigenvalue weighted by atomic mass is 10.2. The number of hydrogen-bond donors (Lipinski definition) is 3. The number of phenols is 1. The van der Waals surface area contributed by atoms with Crippen LogP contribution in [-0.4, -0.2) is 33.3 Å². The maximum Gasteiger partial charge on any atom is 0.335 e. The molecule has 1 heterocycles. The fourth-order valence-corrected chi connectivity index (χ4v) is 2.36. The molecule has 3 rings (SSSR count). The van der Waals surface area contributed by atoms with Gasteiger partial charge in [0.05, 0.1) is 28.7 Å². The number of fused-ring (bicyclic) bond motifs is 1. The standard InChI is InChI=1S/C15H11ClN2O4/c1-22-12-6-8(4-9(16)13(12)19)14-17-10-3-2-7(15(20)21)5-11(10)18-14/h2-6,19H,1H3,(H,17,18)(H,20,21). The van der Waals surface area contributed by atoms with Crippen LogP contribution in [0.5, 0.6) is 11.5 Å². The average molecular weight is 319 g/mol. The quantitative estimate of drug-likeness (QED) is 0.688. The molecule has 0 amide bonds. The summed E-state index contributed by atoms with van der Waals surface area (Å²) in [5.74, 6) is -0.420. The van der Waals surface area contributed by atoms with Crippen LogP contribution in [0.2, 0.25) is 5.02 Å². The van der Waals surface area contributed by atoms with Crippen LogP contribution in [0.4, 0.5) is 0 Å². The summed E-state index contributed by atoms with van der Waals surface area (Å²) in [5.41, 5.74) is 2.01. The number of methoxy groups -OCH3 is 1. The van der Waals surface area contributed by atoms with Gasteiger partial charge in [0.15, 0.2) is 11.5 Å². The van der Waals surface area contributed by atoms with Crippen LogP contribution in [0.25, 0.3) is 22.4 Å². The smallest absolute Gasteiger partial charge is 0.335 e. The number of carbonyl (C=O) groups is 1. The Balaban J connectivity index is 2.14. The fourth-order valence-electron chi connectivity index (χ4n) is 2.15. The molecule has 0 aliphatic carbocycles. The lowest BCUT2D eigenvalue weighted by Gasteiger charge is -2.07. The lowest BCUT2D eigenvalue weighted by Crippen LogP contribution is -1.94. The van der Waals surface area contributed by atoms with Crippen LogP contribution in [0.3, 0.4) is 0 Å². The Labute approximate surface area is 129 Å². The van der Waals surface area contributed by atoms with Crippen molar-refractivity contribution in [1.29, 1.82) is 0 Å². The van der Waals surface area contributed by atoms with E-state index in [2.05, 4.69) is 9.97 Å². The van der Waals surface area contributed by atoms with Crippen LogP contribution >= 0.6 is 11.6 Å². The van der Waals surface area contributed by atoms with E-state index in [4.69, 9.17) is 21.4 Å². The molecule has 0 aliphatic rings. The number of hydrogen-bond acceptors (Lipinski definition) is 4. The second-order valence-electron chi connectivity index (χ2n) is 4.63. The van der Waals surface area contributed by atoms with Gasteiger partial charge in [-0.3, -0.25) is 0 Å². The highest BCUT2D eigenvalue weighted by molar-refractivity contribution is 6.32. The number of aromatic nitrogens is 2. The highest BCUT2D eigenvalue weighted by atomic mass is 35.5. The number of H-pyrrole nitrogens is 1. The van der Waals surface area contributed by atoms with Gasteiger partial charge >= 0.3 is 5.97 Å². The molecule has 112 valence electrons. The van der Waals surface area contributed by atoms with E-state index >= 15 is 0 Å². The van der Waals surface area contributed by atoms with Crippen molar-refractivity contribution < 1.29 is 19.7 Å². The monoisotopic (exact) mass is 318 g/mol. The number of rotatable bonds is 3. The number of benzene rings is 2. The zero-order chi connectivity index (χ0) is 15.9. The van der Waals surface area contributed by atoms with Crippen molar-refractivity contribution in [2.75, 3.05) is 7.11 Å². The molecule has 0 bridgehead atoms. The van der Waals surface area contributed by atoms with E-state index < -0.39 is 5.97 Å². The number of phenolic OH excluding ortho intramolecular Hbond substituents is 1. The Kier molecular flexibility index (Phi) is 3.38. The van der Waals surface area contributed by atoms with Crippen molar-refractivity contribution in [2.24, 2.45) is 0 Å². The molecule has 0 fully saturated rings. The molecular formula is C15H11ClN2O4. The highest BCUT2D eigenvalue weighted by Gasteiger charge is 2.13. The summed E-state index contributed by atoms with van der Waals surface area (Å²) in [5, 5.41) is 18.9. The number of carboxylic acids is 1. The third-order valence-electron chi connectivity index (χ3n) is 3.25. The first-order valence-corrected chi connectivity index (χ1v) is 6.67. The molecular weight excluding hydrogens is 308 g/mol. The third kappa shape index (κ3) is 2.33. The van der Waals surface area contributed by atoms with Crippen molar-refractivity contribution in [2.45, 2.75) is 0 Å². The number of aromatic hydroxyl groups is 1.